The number of amides is 1. The molecule has 1 fully saturated rings. The lowest BCUT2D eigenvalue weighted by atomic mass is 9.81. The number of benzene rings is 2. The quantitative estimate of drug-likeness (QED) is 0.845. The average Bonchev–Trinajstić information content (AvgIpc) is 3.18. The Balaban J connectivity index is 1.65. The molecule has 29 heavy (non-hydrogen) atoms. The zero-order valence-electron chi connectivity index (χ0n) is 17.3. The van der Waals surface area contributed by atoms with Crippen molar-refractivity contribution in [3.8, 4) is 5.75 Å². The van der Waals surface area contributed by atoms with E-state index in [1.54, 1.807) is 7.11 Å². The Morgan fingerprint density at radius 2 is 2.00 bits per heavy atom. The molecule has 1 amide bonds. The number of likely N-dealkylation sites (N-methyl/N-ethyl adjacent to an activating group) is 1. The van der Waals surface area contributed by atoms with Gasteiger partial charge in [-0.25, -0.2) is 0 Å². The summed E-state index contributed by atoms with van der Waals surface area (Å²) in [6.45, 7) is 1.37. The Hall–Kier alpha value is -2.37. The van der Waals surface area contributed by atoms with Crippen LogP contribution < -0.4 is 4.74 Å². The molecule has 0 spiro atoms. The fourth-order valence-corrected chi connectivity index (χ4v) is 4.82. The van der Waals surface area contributed by atoms with Crippen LogP contribution in [0.5, 0.6) is 5.75 Å². The summed E-state index contributed by atoms with van der Waals surface area (Å²) in [7, 11) is 3.57. The highest BCUT2D eigenvalue weighted by atomic mass is 16.5. The van der Waals surface area contributed by atoms with Gasteiger partial charge in [0.2, 0.25) is 5.91 Å². The number of aliphatic hydroxyl groups excluding tert-OH is 1. The van der Waals surface area contributed by atoms with Crippen molar-refractivity contribution < 1.29 is 14.6 Å². The summed E-state index contributed by atoms with van der Waals surface area (Å²) < 4.78 is 5.42. The minimum atomic E-state index is -0.329. The van der Waals surface area contributed by atoms with Crippen molar-refractivity contribution in [1.82, 2.24) is 9.80 Å². The van der Waals surface area contributed by atoms with Crippen LogP contribution in [0.15, 0.2) is 48.5 Å². The van der Waals surface area contributed by atoms with E-state index in [1.807, 2.05) is 42.3 Å². The summed E-state index contributed by atoms with van der Waals surface area (Å²) in [6.07, 6.45) is 3.12. The zero-order valence-corrected chi connectivity index (χ0v) is 17.3. The van der Waals surface area contributed by atoms with Crippen molar-refractivity contribution in [3.05, 3.63) is 65.2 Å². The Labute approximate surface area is 172 Å². The number of hydrogen-bond donors (Lipinski definition) is 1. The number of carbonyl (C=O) groups is 1. The summed E-state index contributed by atoms with van der Waals surface area (Å²) in [5.74, 6) is 0.778. The van der Waals surface area contributed by atoms with Crippen LogP contribution in [0.25, 0.3) is 0 Å². The van der Waals surface area contributed by atoms with Gasteiger partial charge in [0.15, 0.2) is 0 Å². The minimum absolute atomic E-state index is 0.134. The third kappa shape index (κ3) is 4.02. The molecule has 3 atom stereocenters. The van der Waals surface area contributed by atoms with Gasteiger partial charge in [0.1, 0.15) is 11.9 Å². The smallest absolute Gasteiger partial charge is 0.231 e. The highest BCUT2D eigenvalue weighted by Gasteiger charge is 2.36. The molecule has 1 heterocycles. The molecular weight excluding hydrogens is 364 g/mol. The van der Waals surface area contributed by atoms with E-state index in [0.717, 1.165) is 49.1 Å². The number of nitrogens with zero attached hydrogens (tertiary/aromatic N) is 2. The largest absolute Gasteiger partial charge is 0.497 e. The first kappa shape index (κ1) is 19.9. The van der Waals surface area contributed by atoms with Crippen molar-refractivity contribution in [2.45, 2.75) is 43.9 Å². The van der Waals surface area contributed by atoms with Gasteiger partial charge < -0.3 is 14.7 Å². The molecule has 1 aliphatic carbocycles. The van der Waals surface area contributed by atoms with Gasteiger partial charge in [-0.05, 0) is 54.5 Å². The molecular formula is C24H30N2O3. The second-order valence-electron chi connectivity index (χ2n) is 8.18. The molecule has 2 aromatic carbocycles. The number of rotatable bonds is 5. The van der Waals surface area contributed by atoms with E-state index < -0.39 is 0 Å². The maximum Gasteiger partial charge on any atom is 0.231 e. The topological polar surface area (TPSA) is 53.0 Å². The monoisotopic (exact) mass is 394 g/mol. The summed E-state index contributed by atoms with van der Waals surface area (Å²) in [6, 6.07) is 16.2. The standard InChI is InChI=1S/C24H30N2O3/c1-25(23(18-7-4-3-5-8-18)26-14-13-19(27)16-26)24(28)21-10-6-9-17-11-12-20(29-2)15-22(17)21/h3-5,7-8,11-12,15,19,21,23,27H,6,9-10,13-14,16H2,1-2H3/t19-,21?,23+/m0/s1. The van der Waals surface area contributed by atoms with Crippen molar-refractivity contribution in [3.63, 3.8) is 0 Å². The molecule has 1 unspecified atom stereocenters. The van der Waals surface area contributed by atoms with E-state index >= 15 is 0 Å². The molecule has 4 rings (SSSR count). The van der Waals surface area contributed by atoms with E-state index in [4.69, 9.17) is 4.74 Å². The average molecular weight is 395 g/mol. The SMILES string of the molecule is COc1ccc2c(c1)C(C(=O)N(C)[C@@H](c1ccccc1)N1CC[C@H](O)C1)CCC2. The van der Waals surface area contributed by atoms with E-state index in [9.17, 15) is 9.90 Å². The maximum absolute atomic E-state index is 13.7. The second-order valence-corrected chi connectivity index (χ2v) is 8.18. The van der Waals surface area contributed by atoms with Gasteiger partial charge in [-0.1, -0.05) is 36.4 Å². The lowest BCUT2D eigenvalue weighted by Crippen LogP contribution is -2.44. The maximum atomic E-state index is 13.7. The number of aliphatic hydroxyl groups is 1. The molecule has 1 N–H and O–H groups in total. The summed E-state index contributed by atoms with van der Waals surface area (Å²) in [4.78, 5) is 17.8. The molecule has 0 bridgehead atoms. The molecule has 154 valence electrons. The molecule has 1 aliphatic heterocycles. The van der Waals surface area contributed by atoms with Crippen molar-refractivity contribution >= 4 is 5.91 Å². The van der Waals surface area contributed by atoms with Crippen LogP contribution in [0, 0.1) is 0 Å². The van der Waals surface area contributed by atoms with Crippen molar-refractivity contribution in [2.75, 3.05) is 27.2 Å². The van der Waals surface area contributed by atoms with Crippen LogP contribution >= 0.6 is 0 Å². The number of carbonyl (C=O) groups excluding carboxylic acids is 1. The van der Waals surface area contributed by atoms with Gasteiger partial charge in [-0.15, -0.1) is 0 Å². The lowest BCUT2D eigenvalue weighted by Gasteiger charge is -2.38. The fraction of sp³-hybridized carbons (Fsp3) is 0.458. The first-order valence-corrected chi connectivity index (χ1v) is 10.5. The normalized spacial score (nSPS) is 22.7. The molecule has 0 radical (unpaired) electrons. The van der Waals surface area contributed by atoms with Crippen LogP contribution in [-0.2, 0) is 11.2 Å². The Bertz CT molecular complexity index is 854. The highest BCUT2D eigenvalue weighted by Crippen LogP contribution is 2.37. The van der Waals surface area contributed by atoms with E-state index in [2.05, 4.69) is 23.1 Å². The Kier molecular flexibility index (Phi) is 5.88. The first-order chi connectivity index (χ1) is 14.1. The number of β-amino-alcohol motifs (C(OH)–C–C–N with tert-alkyl or cyclic N) is 1. The molecule has 0 aromatic heterocycles. The minimum Gasteiger partial charge on any atom is -0.497 e. The van der Waals surface area contributed by atoms with Crippen LogP contribution in [0.2, 0.25) is 0 Å². The van der Waals surface area contributed by atoms with Gasteiger partial charge in [0, 0.05) is 20.1 Å². The number of hydrogen-bond acceptors (Lipinski definition) is 4. The van der Waals surface area contributed by atoms with E-state index in [0.29, 0.717) is 6.54 Å². The predicted molar refractivity (Wildman–Crippen MR) is 113 cm³/mol. The highest BCUT2D eigenvalue weighted by molar-refractivity contribution is 5.84. The molecule has 1 saturated heterocycles. The third-order valence-corrected chi connectivity index (χ3v) is 6.32. The van der Waals surface area contributed by atoms with Gasteiger partial charge in [-0.3, -0.25) is 9.69 Å². The van der Waals surface area contributed by atoms with Gasteiger partial charge in [0.05, 0.1) is 19.1 Å². The molecule has 2 aromatic rings. The Morgan fingerprint density at radius 3 is 2.69 bits per heavy atom. The van der Waals surface area contributed by atoms with Gasteiger partial charge in [-0.2, -0.15) is 0 Å². The molecule has 5 heteroatoms. The Morgan fingerprint density at radius 1 is 1.21 bits per heavy atom. The lowest BCUT2D eigenvalue weighted by molar-refractivity contribution is -0.138. The third-order valence-electron chi connectivity index (χ3n) is 6.32. The first-order valence-electron chi connectivity index (χ1n) is 10.5. The van der Waals surface area contributed by atoms with Crippen LogP contribution in [-0.4, -0.2) is 54.2 Å². The predicted octanol–water partition coefficient (Wildman–Crippen LogP) is 3.34. The van der Waals surface area contributed by atoms with Gasteiger partial charge >= 0.3 is 0 Å². The van der Waals surface area contributed by atoms with Crippen molar-refractivity contribution in [2.24, 2.45) is 0 Å². The number of ether oxygens (including phenoxy) is 1. The number of methoxy groups -OCH3 is 1. The number of likely N-dealkylation sites (tertiary alicyclic amines) is 1. The second kappa shape index (κ2) is 8.56. The van der Waals surface area contributed by atoms with E-state index in [-0.39, 0.29) is 24.1 Å². The molecule has 2 aliphatic rings. The molecule has 5 nitrogen and oxygen atoms in total. The number of fused-ring (bicyclic) bond motifs is 1. The van der Waals surface area contributed by atoms with Crippen LogP contribution in [0.3, 0.4) is 0 Å². The van der Waals surface area contributed by atoms with Crippen molar-refractivity contribution in [1.29, 1.82) is 0 Å². The van der Waals surface area contributed by atoms with Crippen LogP contribution in [0.1, 0.15) is 48.0 Å². The molecule has 0 saturated carbocycles. The van der Waals surface area contributed by atoms with E-state index in [1.165, 1.54) is 5.56 Å². The summed E-state index contributed by atoms with van der Waals surface area (Å²) in [5, 5.41) is 10.1. The van der Waals surface area contributed by atoms with Gasteiger partial charge in [0.25, 0.3) is 0 Å². The van der Waals surface area contributed by atoms with Crippen LogP contribution in [0.4, 0.5) is 0 Å². The summed E-state index contributed by atoms with van der Waals surface area (Å²) >= 11 is 0. The fourth-order valence-electron chi connectivity index (χ4n) is 4.82. The zero-order chi connectivity index (χ0) is 20.4. The summed E-state index contributed by atoms with van der Waals surface area (Å²) in [5.41, 5.74) is 3.43. The number of aryl methyl sites for hydroxylation is 1.